The van der Waals surface area contributed by atoms with Gasteiger partial charge < -0.3 is 5.32 Å². The van der Waals surface area contributed by atoms with Gasteiger partial charge in [-0.3, -0.25) is 4.79 Å². The molecule has 0 aromatic carbocycles. The Hall–Kier alpha value is -0.0200. The zero-order chi connectivity index (χ0) is 9.73. The van der Waals surface area contributed by atoms with E-state index in [-0.39, 0.29) is 5.54 Å². The Labute approximate surface area is 84.9 Å². The Balaban J connectivity index is 2.29. The van der Waals surface area contributed by atoms with Crippen molar-refractivity contribution in [1.82, 2.24) is 5.32 Å². The molecule has 0 aromatic rings. The molecular formula is C10H19NOS. The molecule has 1 aliphatic heterocycles. The maximum absolute atomic E-state index is 11.7. The predicted octanol–water partition coefficient (Wildman–Crippen LogP) is 2.19. The van der Waals surface area contributed by atoms with Gasteiger partial charge in [0.05, 0.1) is 5.54 Å². The van der Waals surface area contributed by atoms with Gasteiger partial charge in [0.1, 0.15) is 0 Å². The van der Waals surface area contributed by atoms with Gasteiger partial charge >= 0.3 is 0 Å². The molecule has 0 radical (unpaired) electrons. The highest BCUT2D eigenvalue weighted by Gasteiger charge is 2.35. The second kappa shape index (κ2) is 5.01. The first-order valence-corrected chi connectivity index (χ1v) is 6.10. The molecular weight excluding hydrogens is 182 g/mol. The first-order valence-electron chi connectivity index (χ1n) is 5.11. The molecule has 1 saturated heterocycles. The maximum Gasteiger partial charge on any atom is 0.208 e. The second-order valence-electron chi connectivity index (χ2n) is 3.85. The van der Waals surface area contributed by atoms with Gasteiger partial charge in [-0.2, -0.15) is 0 Å². The third kappa shape index (κ3) is 2.99. The van der Waals surface area contributed by atoms with Gasteiger partial charge in [0, 0.05) is 5.75 Å². The number of hydrogen-bond donors (Lipinski definition) is 1. The summed E-state index contributed by atoms with van der Waals surface area (Å²) in [4.78, 5) is 11.7. The standard InChI is InChI=1S/C10H19NOS/c1-3-4-8-13-9(12)10(2)6-5-7-11-10/h11H,3-8H2,1-2H3. The maximum atomic E-state index is 11.7. The zero-order valence-electron chi connectivity index (χ0n) is 8.56. The van der Waals surface area contributed by atoms with Crippen LogP contribution in [0.1, 0.15) is 39.5 Å². The summed E-state index contributed by atoms with van der Waals surface area (Å²) >= 11 is 1.50. The van der Waals surface area contributed by atoms with Gasteiger partial charge in [0.25, 0.3) is 0 Å². The number of carbonyl (C=O) groups is 1. The summed E-state index contributed by atoms with van der Waals surface area (Å²) in [6.07, 6.45) is 4.46. The van der Waals surface area contributed by atoms with E-state index < -0.39 is 0 Å². The first-order chi connectivity index (χ1) is 6.19. The first kappa shape index (κ1) is 11.1. The molecule has 13 heavy (non-hydrogen) atoms. The lowest BCUT2D eigenvalue weighted by atomic mass is 10.0. The Bertz CT molecular complexity index is 176. The number of thioether (sulfide) groups is 1. The lowest BCUT2D eigenvalue weighted by Gasteiger charge is -2.21. The van der Waals surface area contributed by atoms with Crippen LogP contribution in [0.5, 0.6) is 0 Å². The molecule has 0 amide bonds. The molecule has 1 rings (SSSR count). The Kier molecular flexibility index (Phi) is 4.26. The van der Waals surface area contributed by atoms with E-state index in [0.29, 0.717) is 5.12 Å². The molecule has 2 nitrogen and oxygen atoms in total. The molecule has 1 heterocycles. The molecule has 1 aliphatic rings. The summed E-state index contributed by atoms with van der Waals surface area (Å²) in [5, 5.41) is 3.62. The summed E-state index contributed by atoms with van der Waals surface area (Å²) in [5.41, 5.74) is -0.224. The van der Waals surface area contributed by atoms with Crippen molar-refractivity contribution in [3.63, 3.8) is 0 Å². The summed E-state index contributed by atoms with van der Waals surface area (Å²) in [5.74, 6) is 0.979. The topological polar surface area (TPSA) is 29.1 Å². The predicted molar refractivity (Wildman–Crippen MR) is 58.0 cm³/mol. The van der Waals surface area contributed by atoms with Gasteiger partial charge in [-0.05, 0) is 32.7 Å². The number of unbranched alkanes of at least 4 members (excludes halogenated alkanes) is 1. The average molecular weight is 201 g/mol. The van der Waals surface area contributed by atoms with E-state index in [1.54, 1.807) is 0 Å². The highest BCUT2D eigenvalue weighted by Crippen LogP contribution is 2.25. The minimum absolute atomic E-state index is 0.224. The van der Waals surface area contributed by atoms with Crippen molar-refractivity contribution in [2.24, 2.45) is 0 Å². The molecule has 1 atom stereocenters. The van der Waals surface area contributed by atoms with Crippen LogP contribution in [0.4, 0.5) is 0 Å². The molecule has 1 unspecified atom stereocenters. The molecule has 0 spiro atoms. The average Bonchev–Trinajstić information content (AvgIpc) is 2.54. The van der Waals surface area contributed by atoms with Crippen LogP contribution in [-0.4, -0.2) is 23.0 Å². The van der Waals surface area contributed by atoms with Crippen molar-refractivity contribution < 1.29 is 4.79 Å². The Morgan fingerprint density at radius 1 is 1.62 bits per heavy atom. The van der Waals surface area contributed by atoms with Gasteiger partial charge in [-0.15, -0.1) is 0 Å². The van der Waals surface area contributed by atoms with Gasteiger partial charge in [0.2, 0.25) is 5.12 Å². The van der Waals surface area contributed by atoms with Crippen LogP contribution < -0.4 is 5.32 Å². The lowest BCUT2D eigenvalue weighted by Crippen LogP contribution is -2.43. The number of nitrogens with one attached hydrogen (secondary N) is 1. The molecule has 0 saturated carbocycles. The van der Waals surface area contributed by atoms with Gasteiger partial charge in [0.15, 0.2) is 0 Å². The van der Waals surface area contributed by atoms with Crippen LogP contribution in [0.3, 0.4) is 0 Å². The summed E-state index contributed by atoms with van der Waals surface area (Å²) in [6.45, 7) is 5.18. The fourth-order valence-corrected chi connectivity index (χ4v) is 2.65. The van der Waals surface area contributed by atoms with E-state index in [2.05, 4.69) is 12.2 Å². The van der Waals surface area contributed by atoms with Crippen LogP contribution in [0, 0.1) is 0 Å². The smallest absolute Gasteiger partial charge is 0.208 e. The van der Waals surface area contributed by atoms with E-state index in [9.17, 15) is 4.79 Å². The number of carbonyl (C=O) groups excluding carboxylic acids is 1. The monoisotopic (exact) mass is 201 g/mol. The normalized spacial score (nSPS) is 27.8. The summed E-state index contributed by atoms with van der Waals surface area (Å²) in [7, 11) is 0. The fraction of sp³-hybridized carbons (Fsp3) is 0.900. The molecule has 1 N–H and O–H groups in total. The second-order valence-corrected chi connectivity index (χ2v) is 4.92. The quantitative estimate of drug-likeness (QED) is 0.707. The van der Waals surface area contributed by atoms with Gasteiger partial charge in [-0.25, -0.2) is 0 Å². The molecule has 0 bridgehead atoms. The number of hydrogen-bond acceptors (Lipinski definition) is 3. The van der Waals surface area contributed by atoms with Crippen LogP contribution in [0.2, 0.25) is 0 Å². The molecule has 1 fully saturated rings. The van der Waals surface area contributed by atoms with Crippen molar-refractivity contribution in [2.75, 3.05) is 12.3 Å². The highest BCUT2D eigenvalue weighted by atomic mass is 32.2. The van der Waals surface area contributed by atoms with Gasteiger partial charge in [-0.1, -0.05) is 25.1 Å². The summed E-state index contributed by atoms with van der Waals surface area (Å²) < 4.78 is 0. The molecule has 0 aliphatic carbocycles. The summed E-state index contributed by atoms with van der Waals surface area (Å²) in [6, 6.07) is 0. The van der Waals surface area contributed by atoms with Crippen molar-refractivity contribution in [3.8, 4) is 0 Å². The van der Waals surface area contributed by atoms with Crippen LogP contribution in [0.15, 0.2) is 0 Å². The molecule has 3 heteroatoms. The minimum atomic E-state index is -0.224. The van der Waals surface area contributed by atoms with Crippen LogP contribution in [-0.2, 0) is 4.79 Å². The SMILES string of the molecule is CCCCSC(=O)C1(C)CCCN1. The lowest BCUT2D eigenvalue weighted by molar-refractivity contribution is -0.115. The van der Waals surface area contributed by atoms with Crippen LogP contribution in [0.25, 0.3) is 0 Å². The van der Waals surface area contributed by atoms with E-state index in [0.717, 1.165) is 31.6 Å². The zero-order valence-corrected chi connectivity index (χ0v) is 9.38. The largest absolute Gasteiger partial charge is 0.304 e. The minimum Gasteiger partial charge on any atom is -0.304 e. The number of rotatable bonds is 4. The van der Waals surface area contributed by atoms with E-state index in [4.69, 9.17) is 0 Å². The van der Waals surface area contributed by atoms with Crippen LogP contribution >= 0.6 is 11.8 Å². The van der Waals surface area contributed by atoms with Crippen molar-refractivity contribution in [1.29, 1.82) is 0 Å². The van der Waals surface area contributed by atoms with E-state index >= 15 is 0 Å². The van der Waals surface area contributed by atoms with Crippen molar-refractivity contribution >= 4 is 16.9 Å². The van der Waals surface area contributed by atoms with E-state index in [1.807, 2.05) is 6.92 Å². The molecule has 76 valence electrons. The molecule has 0 aromatic heterocycles. The van der Waals surface area contributed by atoms with Crippen molar-refractivity contribution in [3.05, 3.63) is 0 Å². The third-order valence-corrected chi connectivity index (χ3v) is 3.76. The Morgan fingerprint density at radius 2 is 2.38 bits per heavy atom. The Morgan fingerprint density at radius 3 is 2.92 bits per heavy atom. The highest BCUT2D eigenvalue weighted by molar-refractivity contribution is 8.13. The third-order valence-electron chi connectivity index (χ3n) is 2.55. The fourth-order valence-electron chi connectivity index (χ4n) is 1.54. The van der Waals surface area contributed by atoms with E-state index in [1.165, 1.54) is 18.2 Å². The van der Waals surface area contributed by atoms with Crippen molar-refractivity contribution in [2.45, 2.75) is 45.1 Å².